The molecule has 1 N–H and O–H groups in total. The molecule has 2 aromatic carbocycles. The number of hydrogen-bond acceptors (Lipinski definition) is 5. The van der Waals surface area contributed by atoms with Gasteiger partial charge in [-0.1, -0.05) is 42.8 Å². The van der Waals surface area contributed by atoms with Crippen molar-refractivity contribution in [3.05, 3.63) is 83.4 Å². The van der Waals surface area contributed by atoms with Crippen LogP contribution < -0.4 is 10.1 Å². The summed E-state index contributed by atoms with van der Waals surface area (Å²) in [4.78, 5) is 21.5. The predicted molar refractivity (Wildman–Crippen MR) is 140 cm³/mol. The molecule has 1 aliphatic heterocycles. The number of rotatable bonds is 10. The van der Waals surface area contributed by atoms with Gasteiger partial charge in [0.15, 0.2) is 0 Å². The van der Waals surface area contributed by atoms with Crippen molar-refractivity contribution in [3.8, 4) is 16.9 Å². The molecule has 36 heavy (non-hydrogen) atoms. The number of carbonyl (C=O) groups is 1. The molecule has 1 saturated heterocycles. The second-order valence-corrected chi connectivity index (χ2v) is 9.25. The number of nitrogens with one attached hydrogen (secondary N) is 1. The van der Waals surface area contributed by atoms with Gasteiger partial charge in [0, 0.05) is 68.4 Å². The van der Waals surface area contributed by atoms with E-state index in [1.165, 1.54) is 6.07 Å². The van der Waals surface area contributed by atoms with Gasteiger partial charge in [-0.25, -0.2) is 4.39 Å². The topological polar surface area (TPSA) is 57.7 Å². The molecule has 6 nitrogen and oxygen atoms in total. The number of hydrogen-bond donors (Lipinski definition) is 1. The lowest BCUT2D eigenvalue weighted by molar-refractivity contribution is -0.120. The van der Waals surface area contributed by atoms with Crippen molar-refractivity contribution >= 4 is 5.91 Å². The number of pyridine rings is 1. The fraction of sp³-hybridized carbons (Fsp3) is 0.379. The highest BCUT2D eigenvalue weighted by Crippen LogP contribution is 2.26. The van der Waals surface area contributed by atoms with Crippen molar-refractivity contribution in [1.82, 2.24) is 20.1 Å². The minimum absolute atomic E-state index is 0.100. The second-order valence-electron chi connectivity index (χ2n) is 9.25. The number of aromatic nitrogens is 1. The molecule has 0 atom stereocenters. The Labute approximate surface area is 213 Å². The fourth-order valence-corrected chi connectivity index (χ4v) is 4.38. The van der Waals surface area contributed by atoms with E-state index in [9.17, 15) is 9.18 Å². The zero-order chi connectivity index (χ0) is 25.3. The van der Waals surface area contributed by atoms with E-state index in [1.54, 1.807) is 30.5 Å². The Balaban J connectivity index is 1.25. The normalized spacial score (nSPS) is 14.5. The Kier molecular flexibility index (Phi) is 9.03. The van der Waals surface area contributed by atoms with Crippen LogP contribution in [-0.2, 0) is 17.8 Å². The van der Waals surface area contributed by atoms with Gasteiger partial charge in [0.2, 0.25) is 5.91 Å². The smallest absolute Gasteiger partial charge is 0.226 e. The molecule has 2 heterocycles. The summed E-state index contributed by atoms with van der Waals surface area (Å²) >= 11 is 0. The van der Waals surface area contributed by atoms with Gasteiger partial charge in [0.05, 0.1) is 6.42 Å². The number of piperazine rings is 1. The highest BCUT2D eigenvalue weighted by atomic mass is 19.1. The Morgan fingerprint density at radius 3 is 2.56 bits per heavy atom. The summed E-state index contributed by atoms with van der Waals surface area (Å²) in [6, 6.07) is 16.5. The molecule has 4 rings (SSSR count). The molecule has 0 spiro atoms. The fourth-order valence-electron chi connectivity index (χ4n) is 4.38. The largest absolute Gasteiger partial charge is 0.492 e. The van der Waals surface area contributed by atoms with E-state index in [2.05, 4.69) is 27.0 Å². The van der Waals surface area contributed by atoms with Gasteiger partial charge in [0.25, 0.3) is 0 Å². The predicted octanol–water partition coefficient (Wildman–Crippen LogP) is 4.07. The van der Waals surface area contributed by atoms with Crippen molar-refractivity contribution in [2.45, 2.75) is 26.8 Å². The van der Waals surface area contributed by atoms with E-state index in [0.29, 0.717) is 35.7 Å². The summed E-state index contributed by atoms with van der Waals surface area (Å²) in [5, 5.41) is 2.92. The van der Waals surface area contributed by atoms with E-state index in [-0.39, 0.29) is 18.1 Å². The standard InChI is InChI=1S/C29H35FN4O2/c1-3-33-11-13-34(14-12-33)15-16-36-26-9-10-27(28(30)19-26)24-7-8-25(31-21-24)18-29(35)32-20-23-6-4-5-22(2)17-23/h4-10,17,19,21H,3,11-16,18,20H2,1-2H3,(H,32,35). The molecule has 0 saturated carbocycles. The van der Waals surface area contributed by atoms with E-state index in [0.717, 1.165) is 50.4 Å². The van der Waals surface area contributed by atoms with Crippen molar-refractivity contribution in [2.75, 3.05) is 45.9 Å². The molecule has 0 radical (unpaired) electrons. The maximum absolute atomic E-state index is 14.8. The lowest BCUT2D eigenvalue weighted by atomic mass is 10.1. The molecule has 0 bridgehead atoms. The van der Waals surface area contributed by atoms with Crippen LogP contribution in [0.4, 0.5) is 4.39 Å². The molecule has 1 fully saturated rings. The maximum Gasteiger partial charge on any atom is 0.226 e. The van der Waals surface area contributed by atoms with Crippen LogP contribution >= 0.6 is 0 Å². The average molecular weight is 491 g/mol. The summed E-state index contributed by atoms with van der Waals surface area (Å²) in [6.07, 6.45) is 1.78. The summed E-state index contributed by atoms with van der Waals surface area (Å²) in [6.45, 7) is 11.4. The van der Waals surface area contributed by atoms with Gasteiger partial charge in [-0.3, -0.25) is 14.7 Å². The SMILES string of the molecule is CCN1CCN(CCOc2ccc(-c3ccc(CC(=O)NCc4cccc(C)c4)nc3)c(F)c2)CC1. The van der Waals surface area contributed by atoms with Crippen LogP contribution in [0.15, 0.2) is 60.8 Å². The molecule has 7 heteroatoms. The van der Waals surface area contributed by atoms with Crippen molar-refractivity contribution in [1.29, 1.82) is 0 Å². The molecule has 1 amide bonds. The zero-order valence-corrected chi connectivity index (χ0v) is 21.2. The van der Waals surface area contributed by atoms with Crippen LogP contribution in [0.3, 0.4) is 0 Å². The van der Waals surface area contributed by atoms with Crippen LogP contribution in [0, 0.1) is 12.7 Å². The third kappa shape index (κ3) is 7.35. The van der Waals surface area contributed by atoms with Gasteiger partial charge in [-0.05, 0) is 37.2 Å². The van der Waals surface area contributed by atoms with Crippen LogP contribution in [0.2, 0.25) is 0 Å². The van der Waals surface area contributed by atoms with Gasteiger partial charge < -0.3 is 15.0 Å². The van der Waals surface area contributed by atoms with E-state index in [4.69, 9.17) is 4.74 Å². The molecule has 3 aromatic rings. The van der Waals surface area contributed by atoms with Crippen molar-refractivity contribution < 1.29 is 13.9 Å². The first kappa shape index (κ1) is 25.8. The summed E-state index contributed by atoms with van der Waals surface area (Å²) < 4.78 is 20.6. The Hall–Kier alpha value is -3.29. The van der Waals surface area contributed by atoms with Crippen molar-refractivity contribution in [3.63, 3.8) is 0 Å². The Bertz CT molecular complexity index is 1140. The van der Waals surface area contributed by atoms with Crippen LogP contribution in [0.1, 0.15) is 23.7 Å². The van der Waals surface area contributed by atoms with Crippen LogP contribution in [-0.4, -0.2) is 66.6 Å². The number of likely N-dealkylation sites (N-methyl/N-ethyl adjacent to an activating group) is 1. The van der Waals surface area contributed by atoms with Gasteiger partial charge in [-0.15, -0.1) is 0 Å². The van der Waals surface area contributed by atoms with Crippen LogP contribution in [0.25, 0.3) is 11.1 Å². The molecule has 0 unspecified atom stereocenters. The highest BCUT2D eigenvalue weighted by molar-refractivity contribution is 5.78. The monoisotopic (exact) mass is 490 g/mol. The van der Waals surface area contributed by atoms with E-state index in [1.807, 2.05) is 31.2 Å². The lowest BCUT2D eigenvalue weighted by Crippen LogP contribution is -2.47. The first-order chi connectivity index (χ1) is 17.5. The molecule has 1 aromatic heterocycles. The molecule has 0 aliphatic carbocycles. The quantitative estimate of drug-likeness (QED) is 0.464. The second kappa shape index (κ2) is 12.6. The first-order valence-corrected chi connectivity index (χ1v) is 12.6. The minimum Gasteiger partial charge on any atom is -0.492 e. The summed E-state index contributed by atoms with van der Waals surface area (Å²) in [5.41, 5.74) is 3.98. The Morgan fingerprint density at radius 1 is 1.06 bits per heavy atom. The van der Waals surface area contributed by atoms with E-state index < -0.39 is 0 Å². The minimum atomic E-state index is -0.352. The van der Waals surface area contributed by atoms with Gasteiger partial charge in [-0.2, -0.15) is 0 Å². The van der Waals surface area contributed by atoms with E-state index >= 15 is 0 Å². The number of carbonyl (C=O) groups excluding carboxylic acids is 1. The third-order valence-electron chi connectivity index (χ3n) is 6.58. The maximum atomic E-state index is 14.8. The number of aryl methyl sites for hydroxylation is 1. The molecule has 190 valence electrons. The number of ether oxygens (including phenoxy) is 1. The number of halogens is 1. The lowest BCUT2D eigenvalue weighted by Gasteiger charge is -2.33. The number of nitrogens with zero attached hydrogens (tertiary/aromatic N) is 3. The molecular formula is C29H35FN4O2. The average Bonchev–Trinajstić information content (AvgIpc) is 2.89. The van der Waals surface area contributed by atoms with Gasteiger partial charge >= 0.3 is 0 Å². The zero-order valence-electron chi connectivity index (χ0n) is 21.2. The molecular weight excluding hydrogens is 455 g/mol. The molecule has 1 aliphatic rings. The highest BCUT2D eigenvalue weighted by Gasteiger charge is 2.15. The number of amides is 1. The Morgan fingerprint density at radius 2 is 1.86 bits per heavy atom. The third-order valence-corrected chi connectivity index (χ3v) is 6.58. The number of benzene rings is 2. The van der Waals surface area contributed by atoms with Crippen LogP contribution in [0.5, 0.6) is 5.75 Å². The van der Waals surface area contributed by atoms with Crippen molar-refractivity contribution in [2.24, 2.45) is 0 Å². The first-order valence-electron chi connectivity index (χ1n) is 12.6. The van der Waals surface area contributed by atoms with Gasteiger partial charge in [0.1, 0.15) is 18.2 Å². The summed E-state index contributed by atoms with van der Waals surface area (Å²) in [7, 11) is 0. The summed E-state index contributed by atoms with van der Waals surface area (Å²) in [5.74, 6) is 0.0736.